The van der Waals surface area contributed by atoms with E-state index in [9.17, 15) is 4.79 Å². The summed E-state index contributed by atoms with van der Waals surface area (Å²) in [6, 6.07) is 5.65. The number of pyridine rings is 1. The van der Waals surface area contributed by atoms with Gasteiger partial charge in [0.25, 0.3) is 5.88 Å². The molecule has 6 nitrogen and oxygen atoms in total. The lowest BCUT2D eigenvalue weighted by Gasteiger charge is -2.09. The van der Waals surface area contributed by atoms with Crippen molar-refractivity contribution in [3.05, 3.63) is 47.8 Å². The second kappa shape index (κ2) is 4.90. The van der Waals surface area contributed by atoms with Crippen LogP contribution in [0.3, 0.4) is 0 Å². The number of rotatable bonds is 2. The number of nitrogens with zero attached hydrogens (tertiary/aromatic N) is 3. The summed E-state index contributed by atoms with van der Waals surface area (Å²) in [5.74, 6) is 0.308. The fourth-order valence-corrected chi connectivity index (χ4v) is 2.11. The molecular weight excluding hydrogens is 268 g/mol. The average Bonchev–Trinajstić information content (AvgIpc) is 2.83. The molecule has 3 rings (SSSR count). The maximum atomic E-state index is 11.6. The quantitative estimate of drug-likeness (QED) is 0.851. The molecule has 0 fully saturated rings. The monoisotopic (exact) mass is 282 g/mol. The standard InChI is InChI=1S/C15H14N4O2/c1-9-7-11(10(16)8-13(9)20)17-14-12-5-3-4-6-19(12)18-15(14)21-2/h3-8H,16H2,1-2H3/b17-11+. The first-order chi connectivity index (χ1) is 10.1. The molecule has 106 valence electrons. The van der Waals surface area contributed by atoms with Crippen LogP contribution in [-0.2, 0) is 4.79 Å². The van der Waals surface area contributed by atoms with Crippen molar-refractivity contribution in [3.8, 4) is 5.88 Å². The van der Waals surface area contributed by atoms with Crippen molar-refractivity contribution in [1.29, 1.82) is 0 Å². The molecule has 1 aliphatic carbocycles. The average molecular weight is 282 g/mol. The van der Waals surface area contributed by atoms with Gasteiger partial charge in [0.1, 0.15) is 0 Å². The predicted molar refractivity (Wildman–Crippen MR) is 79.9 cm³/mol. The highest BCUT2D eigenvalue weighted by molar-refractivity contribution is 6.22. The van der Waals surface area contributed by atoms with Crippen molar-refractivity contribution in [2.24, 2.45) is 10.7 Å². The highest BCUT2D eigenvalue weighted by atomic mass is 16.5. The van der Waals surface area contributed by atoms with Crippen molar-refractivity contribution >= 4 is 22.7 Å². The fourth-order valence-electron chi connectivity index (χ4n) is 2.11. The van der Waals surface area contributed by atoms with Gasteiger partial charge in [-0.3, -0.25) is 4.79 Å². The van der Waals surface area contributed by atoms with Crippen LogP contribution in [0.2, 0.25) is 0 Å². The van der Waals surface area contributed by atoms with Crippen molar-refractivity contribution in [1.82, 2.24) is 9.61 Å². The van der Waals surface area contributed by atoms with E-state index >= 15 is 0 Å². The normalized spacial score (nSPS) is 17.0. The van der Waals surface area contributed by atoms with E-state index in [1.165, 1.54) is 13.2 Å². The van der Waals surface area contributed by atoms with Crippen LogP contribution in [0, 0.1) is 0 Å². The van der Waals surface area contributed by atoms with Gasteiger partial charge in [-0.25, -0.2) is 9.51 Å². The van der Waals surface area contributed by atoms with Crippen LogP contribution in [0.1, 0.15) is 6.92 Å². The molecule has 21 heavy (non-hydrogen) atoms. The van der Waals surface area contributed by atoms with Gasteiger partial charge in [0, 0.05) is 12.3 Å². The molecule has 0 radical (unpaired) electrons. The second-order valence-corrected chi connectivity index (χ2v) is 4.68. The molecule has 2 heterocycles. The van der Waals surface area contributed by atoms with E-state index < -0.39 is 0 Å². The number of allylic oxidation sites excluding steroid dienone is 3. The third kappa shape index (κ3) is 2.20. The highest BCUT2D eigenvalue weighted by Crippen LogP contribution is 2.32. The Morgan fingerprint density at radius 1 is 1.33 bits per heavy atom. The van der Waals surface area contributed by atoms with Crippen molar-refractivity contribution < 1.29 is 9.53 Å². The summed E-state index contributed by atoms with van der Waals surface area (Å²) in [6.45, 7) is 1.73. The number of aliphatic imine (C=N–C) groups is 1. The van der Waals surface area contributed by atoms with Crippen LogP contribution in [0.4, 0.5) is 5.69 Å². The van der Waals surface area contributed by atoms with Crippen LogP contribution < -0.4 is 10.5 Å². The zero-order valence-corrected chi connectivity index (χ0v) is 11.7. The minimum Gasteiger partial charge on any atom is -0.478 e. The number of carbonyl (C=O) groups excluding carboxylic acids is 1. The number of aromatic nitrogens is 2. The molecule has 0 saturated carbocycles. The van der Waals surface area contributed by atoms with Crippen LogP contribution in [0.15, 0.2) is 52.8 Å². The summed E-state index contributed by atoms with van der Waals surface area (Å²) in [6.07, 6.45) is 4.86. The minimum atomic E-state index is -0.0988. The van der Waals surface area contributed by atoms with E-state index in [0.717, 1.165) is 5.52 Å². The molecule has 2 aromatic heterocycles. The molecule has 6 heteroatoms. The van der Waals surface area contributed by atoms with Gasteiger partial charge in [0.2, 0.25) is 0 Å². The maximum Gasteiger partial charge on any atom is 0.259 e. The maximum absolute atomic E-state index is 11.6. The molecule has 0 bridgehead atoms. The van der Waals surface area contributed by atoms with E-state index in [-0.39, 0.29) is 5.78 Å². The number of fused-ring (bicyclic) bond motifs is 1. The Balaban J connectivity index is 2.19. The van der Waals surface area contributed by atoms with Crippen molar-refractivity contribution in [2.45, 2.75) is 6.92 Å². The summed E-state index contributed by atoms with van der Waals surface area (Å²) < 4.78 is 6.95. The third-order valence-electron chi connectivity index (χ3n) is 3.23. The van der Waals surface area contributed by atoms with E-state index in [1.54, 1.807) is 17.5 Å². The van der Waals surface area contributed by atoms with Gasteiger partial charge in [-0.15, -0.1) is 5.10 Å². The molecule has 0 aromatic carbocycles. The summed E-state index contributed by atoms with van der Waals surface area (Å²) in [5.41, 5.74) is 8.73. The van der Waals surface area contributed by atoms with E-state index in [4.69, 9.17) is 10.5 Å². The summed E-state index contributed by atoms with van der Waals surface area (Å²) in [7, 11) is 1.54. The summed E-state index contributed by atoms with van der Waals surface area (Å²) in [4.78, 5) is 16.1. The minimum absolute atomic E-state index is 0.0988. The van der Waals surface area contributed by atoms with Gasteiger partial charge >= 0.3 is 0 Å². The molecule has 0 aliphatic heterocycles. The Bertz CT molecular complexity index is 827. The largest absolute Gasteiger partial charge is 0.478 e. The summed E-state index contributed by atoms with van der Waals surface area (Å²) in [5, 5.41) is 4.30. The lowest BCUT2D eigenvalue weighted by Crippen LogP contribution is -2.17. The zero-order chi connectivity index (χ0) is 15.0. The Morgan fingerprint density at radius 3 is 2.90 bits per heavy atom. The molecule has 0 atom stereocenters. The van der Waals surface area contributed by atoms with Crippen LogP contribution >= 0.6 is 0 Å². The van der Waals surface area contributed by atoms with Gasteiger partial charge in [-0.1, -0.05) is 6.07 Å². The highest BCUT2D eigenvalue weighted by Gasteiger charge is 2.17. The molecule has 0 spiro atoms. The molecule has 2 N–H and O–H groups in total. The number of methoxy groups -OCH3 is 1. The number of carbonyl (C=O) groups is 1. The van der Waals surface area contributed by atoms with Gasteiger partial charge < -0.3 is 10.5 Å². The van der Waals surface area contributed by atoms with Gasteiger partial charge in [0.05, 0.1) is 24.0 Å². The Morgan fingerprint density at radius 2 is 2.14 bits per heavy atom. The van der Waals surface area contributed by atoms with E-state index in [0.29, 0.717) is 28.5 Å². The molecule has 1 aliphatic rings. The fraction of sp³-hybridized carbons (Fsp3) is 0.133. The first kappa shape index (κ1) is 13.1. The lowest BCUT2D eigenvalue weighted by molar-refractivity contribution is -0.111. The van der Waals surface area contributed by atoms with Crippen molar-refractivity contribution in [2.75, 3.05) is 7.11 Å². The number of hydrogen-bond acceptors (Lipinski definition) is 5. The number of ether oxygens (including phenoxy) is 1. The van der Waals surface area contributed by atoms with Crippen LogP contribution in [0.5, 0.6) is 5.88 Å². The molecule has 2 aromatic rings. The first-order valence-electron chi connectivity index (χ1n) is 6.40. The molecular formula is C15H14N4O2. The number of nitrogens with two attached hydrogens (primary N) is 1. The second-order valence-electron chi connectivity index (χ2n) is 4.68. The van der Waals surface area contributed by atoms with Gasteiger partial charge in [-0.05, 0) is 30.7 Å². The molecule has 0 saturated heterocycles. The topological polar surface area (TPSA) is 82.0 Å². The number of ketones is 1. The SMILES string of the molecule is COc1nn2ccccc2c1/N=C1\C=C(C)C(=O)C=C1N. The predicted octanol–water partition coefficient (Wildman–Crippen LogP) is 1.79. The third-order valence-corrected chi connectivity index (χ3v) is 3.23. The van der Waals surface area contributed by atoms with E-state index in [1.807, 2.05) is 24.4 Å². The zero-order valence-electron chi connectivity index (χ0n) is 11.7. The summed E-state index contributed by atoms with van der Waals surface area (Å²) >= 11 is 0. The van der Waals surface area contributed by atoms with Crippen LogP contribution in [-0.4, -0.2) is 28.2 Å². The molecule has 0 amide bonds. The van der Waals surface area contributed by atoms with Gasteiger partial charge in [-0.2, -0.15) is 0 Å². The first-order valence-corrected chi connectivity index (χ1v) is 6.40. The molecule has 0 unspecified atom stereocenters. The Hall–Kier alpha value is -2.89. The Kier molecular flexibility index (Phi) is 3.06. The Labute approximate surface area is 121 Å². The van der Waals surface area contributed by atoms with Crippen molar-refractivity contribution in [3.63, 3.8) is 0 Å². The van der Waals surface area contributed by atoms with Crippen LogP contribution in [0.25, 0.3) is 5.52 Å². The smallest absolute Gasteiger partial charge is 0.259 e. The van der Waals surface area contributed by atoms with Gasteiger partial charge in [0.15, 0.2) is 11.5 Å². The van der Waals surface area contributed by atoms with E-state index in [2.05, 4.69) is 10.1 Å². The lowest BCUT2D eigenvalue weighted by atomic mass is 10.0. The number of hydrogen-bond donors (Lipinski definition) is 1.